The van der Waals surface area contributed by atoms with Crippen molar-refractivity contribution in [1.29, 1.82) is 0 Å². The molecule has 88 valence electrons. The largest absolute Gasteiger partial charge is 0.504 e. The van der Waals surface area contributed by atoms with Gasteiger partial charge in [-0.3, -0.25) is 0 Å². The smallest absolute Gasteiger partial charge is 0.160 e. The van der Waals surface area contributed by atoms with Crippen molar-refractivity contribution in [2.45, 2.75) is 6.54 Å². The highest BCUT2D eigenvalue weighted by molar-refractivity contribution is 9.10. The van der Waals surface area contributed by atoms with Crippen LogP contribution < -0.4 is 10.1 Å². The number of halogens is 2. The molecule has 0 amide bonds. The van der Waals surface area contributed by atoms with Gasteiger partial charge in [0.05, 0.1) is 7.11 Å². The van der Waals surface area contributed by atoms with Crippen LogP contribution in [0.25, 0.3) is 0 Å². The predicted molar refractivity (Wildman–Crippen MR) is 69.1 cm³/mol. The summed E-state index contributed by atoms with van der Waals surface area (Å²) < 4.78 is 5.84. The number of nitrogens with one attached hydrogen (secondary N) is 1. The fourth-order valence-electron chi connectivity index (χ4n) is 1.22. The summed E-state index contributed by atoms with van der Waals surface area (Å²) in [5, 5.41) is 13.2. The molecule has 0 aromatic heterocycles. The Hall–Kier alpha value is -0.710. The molecule has 0 fully saturated rings. The number of hydrogen-bond acceptors (Lipinski definition) is 3. The average Bonchev–Trinajstić information content (AvgIpc) is 2.20. The van der Waals surface area contributed by atoms with Crippen LogP contribution in [-0.2, 0) is 6.54 Å². The van der Waals surface area contributed by atoms with Gasteiger partial charge in [-0.05, 0) is 17.7 Å². The van der Waals surface area contributed by atoms with Gasteiger partial charge in [-0.1, -0.05) is 34.1 Å². The maximum Gasteiger partial charge on any atom is 0.160 e. The van der Waals surface area contributed by atoms with E-state index in [9.17, 15) is 5.11 Å². The number of methoxy groups -OCH3 is 1. The van der Waals surface area contributed by atoms with Crippen LogP contribution in [0.4, 0.5) is 0 Å². The molecule has 2 N–H and O–H groups in total. The summed E-state index contributed by atoms with van der Waals surface area (Å²) in [5.41, 5.74) is 0.979. The Morgan fingerprint density at radius 1 is 1.62 bits per heavy atom. The van der Waals surface area contributed by atoms with E-state index in [2.05, 4.69) is 27.8 Å². The summed E-state index contributed by atoms with van der Waals surface area (Å²) in [4.78, 5) is 0. The lowest BCUT2D eigenvalue weighted by Crippen LogP contribution is -2.14. The Morgan fingerprint density at radius 3 is 2.88 bits per heavy atom. The summed E-state index contributed by atoms with van der Waals surface area (Å²) >= 11 is 9.00. The Balaban J connectivity index is 2.75. The lowest BCUT2D eigenvalue weighted by molar-refractivity contribution is 0.372. The van der Waals surface area contributed by atoms with Gasteiger partial charge in [0, 0.05) is 22.6 Å². The van der Waals surface area contributed by atoms with Crippen LogP contribution in [-0.4, -0.2) is 18.8 Å². The zero-order chi connectivity index (χ0) is 12.1. The van der Waals surface area contributed by atoms with E-state index < -0.39 is 0 Å². The molecular formula is C11H13BrClNO2. The molecule has 1 aromatic carbocycles. The van der Waals surface area contributed by atoms with E-state index in [1.54, 1.807) is 12.1 Å². The highest BCUT2D eigenvalue weighted by Crippen LogP contribution is 2.32. The molecule has 1 rings (SSSR count). The van der Waals surface area contributed by atoms with E-state index >= 15 is 0 Å². The molecule has 0 spiro atoms. The van der Waals surface area contributed by atoms with Crippen LogP contribution in [0, 0.1) is 0 Å². The minimum absolute atomic E-state index is 0.111. The van der Waals surface area contributed by atoms with Crippen molar-refractivity contribution >= 4 is 27.5 Å². The third-order valence-electron chi connectivity index (χ3n) is 1.98. The Kier molecular flexibility index (Phi) is 5.12. The molecular weight excluding hydrogens is 293 g/mol. The molecule has 3 nitrogen and oxygen atoms in total. The molecule has 0 heterocycles. The molecule has 16 heavy (non-hydrogen) atoms. The number of phenols is 1. The molecule has 0 unspecified atom stereocenters. The molecule has 0 aliphatic carbocycles. The Bertz CT molecular complexity index is 396. The van der Waals surface area contributed by atoms with Crippen molar-refractivity contribution in [3.05, 3.63) is 33.8 Å². The summed E-state index contributed by atoms with van der Waals surface area (Å²) in [5.74, 6) is 0.560. The second-order valence-electron chi connectivity index (χ2n) is 3.24. The lowest BCUT2D eigenvalue weighted by atomic mass is 10.2. The van der Waals surface area contributed by atoms with Gasteiger partial charge < -0.3 is 15.2 Å². The van der Waals surface area contributed by atoms with E-state index in [0.717, 1.165) is 10.0 Å². The van der Waals surface area contributed by atoms with E-state index in [1.165, 1.54) is 7.11 Å². The van der Waals surface area contributed by atoms with Gasteiger partial charge in [0.1, 0.15) is 0 Å². The zero-order valence-electron chi connectivity index (χ0n) is 8.89. The molecule has 0 radical (unpaired) electrons. The number of benzene rings is 1. The monoisotopic (exact) mass is 305 g/mol. The van der Waals surface area contributed by atoms with Crippen LogP contribution in [0.3, 0.4) is 0 Å². The summed E-state index contributed by atoms with van der Waals surface area (Å²) in [6.07, 6.45) is 0. The molecule has 5 heteroatoms. The maximum absolute atomic E-state index is 9.52. The van der Waals surface area contributed by atoms with Crippen LogP contribution in [0.2, 0.25) is 0 Å². The number of aromatic hydroxyl groups is 1. The van der Waals surface area contributed by atoms with Crippen LogP contribution in [0.15, 0.2) is 28.2 Å². The summed E-state index contributed by atoms with van der Waals surface area (Å²) in [6.45, 7) is 4.74. The van der Waals surface area contributed by atoms with Crippen molar-refractivity contribution in [3.8, 4) is 11.5 Å². The van der Waals surface area contributed by atoms with Gasteiger partial charge in [-0.15, -0.1) is 0 Å². The van der Waals surface area contributed by atoms with Crippen LogP contribution >= 0.6 is 27.5 Å². The fraction of sp³-hybridized carbons (Fsp3) is 0.273. The average molecular weight is 307 g/mol. The fourth-order valence-corrected chi connectivity index (χ4v) is 1.78. The van der Waals surface area contributed by atoms with Gasteiger partial charge in [0.25, 0.3) is 0 Å². The first-order valence-corrected chi connectivity index (χ1v) is 5.81. The topological polar surface area (TPSA) is 41.5 Å². The molecule has 0 atom stereocenters. The maximum atomic E-state index is 9.52. The number of rotatable bonds is 5. The third kappa shape index (κ3) is 3.70. The van der Waals surface area contributed by atoms with Gasteiger partial charge in [0.2, 0.25) is 0 Å². The van der Waals surface area contributed by atoms with Gasteiger partial charge in [-0.2, -0.15) is 0 Å². The van der Waals surface area contributed by atoms with E-state index in [0.29, 0.717) is 23.9 Å². The van der Waals surface area contributed by atoms with Gasteiger partial charge in [0.15, 0.2) is 11.5 Å². The SMILES string of the molecule is C=C(Cl)CNCc1cc(OC)c(O)cc1Br. The van der Waals surface area contributed by atoms with E-state index in [-0.39, 0.29) is 5.75 Å². The molecule has 1 aromatic rings. The van der Waals surface area contributed by atoms with Crippen molar-refractivity contribution in [2.24, 2.45) is 0 Å². The first-order valence-electron chi connectivity index (χ1n) is 4.64. The standard InChI is InChI=1S/C11H13BrClNO2/c1-7(13)5-14-6-8-3-11(16-2)10(15)4-9(8)12/h3-4,14-15H,1,5-6H2,2H3. The summed E-state index contributed by atoms with van der Waals surface area (Å²) in [7, 11) is 1.51. The number of hydrogen-bond donors (Lipinski definition) is 2. The quantitative estimate of drug-likeness (QED) is 0.878. The van der Waals surface area contributed by atoms with Crippen molar-refractivity contribution < 1.29 is 9.84 Å². The molecule has 0 aliphatic rings. The molecule has 0 saturated carbocycles. The highest BCUT2D eigenvalue weighted by Gasteiger charge is 2.07. The first-order chi connectivity index (χ1) is 7.54. The zero-order valence-corrected chi connectivity index (χ0v) is 11.2. The van der Waals surface area contributed by atoms with E-state index in [4.69, 9.17) is 16.3 Å². The minimum atomic E-state index is 0.111. The first kappa shape index (κ1) is 13.4. The van der Waals surface area contributed by atoms with Crippen molar-refractivity contribution in [2.75, 3.05) is 13.7 Å². The number of phenolic OH excluding ortho intramolecular Hbond substituents is 1. The molecule has 0 bridgehead atoms. The Morgan fingerprint density at radius 2 is 2.31 bits per heavy atom. The Labute approximate surface area is 108 Å². The highest BCUT2D eigenvalue weighted by atomic mass is 79.9. The lowest BCUT2D eigenvalue weighted by Gasteiger charge is -2.10. The van der Waals surface area contributed by atoms with Crippen LogP contribution in [0.1, 0.15) is 5.56 Å². The van der Waals surface area contributed by atoms with Crippen molar-refractivity contribution in [1.82, 2.24) is 5.32 Å². The predicted octanol–water partition coefficient (Wildman–Crippen LogP) is 3.01. The van der Waals surface area contributed by atoms with Gasteiger partial charge in [-0.25, -0.2) is 0 Å². The van der Waals surface area contributed by atoms with Gasteiger partial charge >= 0.3 is 0 Å². The molecule has 0 aliphatic heterocycles. The van der Waals surface area contributed by atoms with Crippen molar-refractivity contribution in [3.63, 3.8) is 0 Å². The van der Waals surface area contributed by atoms with E-state index in [1.807, 2.05) is 0 Å². The second kappa shape index (κ2) is 6.13. The molecule has 0 saturated heterocycles. The normalized spacial score (nSPS) is 10.2. The third-order valence-corrected chi connectivity index (χ3v) is 2.85. The van der Waals surface area contributed by atoms with Crippen LogP contribution in [0.5, 0.6) is 11.5 Å². The minimum Gasteiger partial charge on any atom is -0.504 e. The second-order valence-corrected chi connectivity index (χ2v) is 4.63. The number of ether oxygens (including phenoxy) is 1. The summed E-state index contributed by atoms with van der Waals surface area (Å²) in [6, 6.07) is 3.37.